The van der Waals surface area contributed by atoms with Crippen LogP contribution in [-0.4, -0.2) is 82.6 Å². The molecule has 0 bridgehead atoms. The first kappa shape index (κ1) is 16.8. The highest BCUT2D eigenvalue weighted by Gasteiger charge is 2.30. The van der Waals surface area contributed by atoms with Gasteiger partial charge >= 0.3 is 6.03 Å². The maximum Gasteiger partial charge on any atom is 0.324 e. The maximum atomic E-state index is 12.3. The molecule has 9 nitrogen and oxygen atoms in total. The fourth-order valence-electron chi connectivity index (χ4n) is 3.28. The summed E-state index contributed by atoms with van der Waals surface area (Å²) in [5.74, 6) is 1.13. The van der Waals surface area contributed by atoms with E-state index in [1.807, 2.05) is 11.9 Å². The Morgan fingerprint density at radius 2 is 2.29 bits per heavy atom. The molecule has 1 atom stereocenters. The molecule has 0 aromatic carbocycles. The van der Waals surface area contributed by atoms with Gasteiger partial charge in [-0.15, -0.1) is 0 Å². The molecule has 1 N–H and O–H groups in total. The highest BCUT2D eigenvalue weighted by molar-refractivity contribution is 5.96. The minimum absolute atomic E-state index is 0.140. The predicted octanol–water partition coefficient (Wildman–Crippen LogP) is -0.174. The van der Waals surface area contributed by atoms with Crippen LogP contribution < -0.4 is 5.32 Å². The zero-order chi connectivity index (χ0) is 17.1. The van der Waals surface area contributed by atoms with Crippen molar-refractivity contribution in [2.75, 3.05) is 39.8 Å². The fraction of sp³-hybridized carbons (Fsp3) is 0.733. The Bertz CT molecular complexity index is 604. The molecule has 3 heterocycles. The van der Waals surface area contributed by atoms with Crippen molar-refractivity contribution in [1.82, 2.24) is 30.2 Å². The summed E-state index contributed by atoms with van der Waals surface area (Å²) in [6, 6.07) is -0.00694. The summed E-state index contributed by atoms with van der Waals surface area (Å²) in [5.41, 5.74) is 0. The molecule has 0 unspecified atom stereocenters. The molecule has 9 heteroatoms. The summed E-state index contributed by atoms with van der Waals surface area (Å²) in [6.07, 6.45) is 2.10. The van der Waals surface area contributed by atoms with E-state index in [0.717, 1.165) is 25.9 Å². The van der Waals surface area contributed by atoms with Gasteiger partial charge in [0.2, 0.25) is 11.8 Å². The van der Waals surface area contributed by atoms with E-state index >= 15 is 0 Å². The van der Waals surface area contributed by atoms with Crippen molar-refractivity contribution >= 4 is 11.9 Å². The standard InChI is InChI=1S/C15H24N6O3/c1-11-17-13(18-24-11)9-20-6-3-4-12(8-20)19(2)10-14(22)21-7-5-16-15(21)23/h12H,3-10H2,1-2H3,(H,16,23)/t12-/m1/s1. The molecule has 1 aromatic heterocycles. The fourth-order valence-corrected chi connectivity index (χ4v) is 3.28. The quantitative estimate of drug-likeness (QED) is 0.797. The monoisotopic (exact) mass is 336 g/mol. The van der Waals surface area contributed by atoms with Crippen LogP contribution >= 0.6 is 0 Å². The molecule has 0 aliphatic carbocycles. The predicted molar refractivity (Wildman–Crippen MR) is 85.1 cm³/mol. The summed E-state index contributed by atoms with van der Waals surface area (Å²) in [6.45, 7) is 5.53. The third-order valence-electron chi connectivity index (χ3n) is 4.58. The number of likely N-dealkylation sites (N-methyl/N-ethyl adjacent to an activating group) is 1. The van der Waals surface area contributed by atoms with Gasteiger partial charge in [0.15, 0.2) is 5.82 Å². The van der Waals surface area contributed by atoms with Gasteiger partial charge in [-0.05, 0) is 26.4 Å². The summed E-state index contributed by atoms with van der Waals surface area (Å²) >= 11 is 0. The number of aryl methyl sites for hydroxylation is 1. The number of nitrogens with one attached hydrogen (secondary N) is 1. The number of nitrogens with zero attached hydrogens (tertiary/aromatic N) is 5. The first-order valence-corrected chi connectivity index (χ1v) is 8.33. The SMILES string of the molecule is Cc1nc(CN2CCC[C@@H](N(C)CC(=O)N3CCNC3=O)C2)no1. The molecular formula is C15H24N6O3. The lowest BCUT2D eigenvalue weighted by atomic mass is 10.0. The first-order valence-electron chi connectivity index (χ1n) is 8.33. The molecule has 0 radical (unpaired) electrons. The van der Waals surface area contributed by atoms with Gasteiger partial charge in [-0.2, -0.15) is 4.98 Å². The number of carbonyl (C=O) groups excluding carboxylic acids is 2. The molecule has 2 aliphatic rings. The summed E-state index contributed by atoms with van der Waals surface area (Å²) in [4.78, 5) is 33.7. The minimum Gasteiger partial charge on any atom is -0.340 e. The summed E-state index contributed by atoms with van der Waals surface area (Å²) in [5, 5.41) is 6.60. The van der Waals surface area contributed by atoms with Crippen LogP contribution in [0.4, 0.5) is 4.79 Å². The van der Waals surface area contributed by atoms with Crippen molar-refractivity contribution in [3.63, 3.8) is 0 Å². The largest absolute Gasteiger partial charge is 0.340 e. The van der Waals surface area contributed by atoms with Crippen molar-refractivity contribution in [1.29, 1.82) is 0 Å². The van der Waals surface area contributed by atoms with E-state index in [1.165, 1.54) is 4.90 Å². The Morgan fingerprint density at radius 3 is 2.96 bits per heavy atom. The number of amides is 3. The highest BCUT2D eigenvalue weighted by atomic mass is 16.5. The average Bonchev–Trinajstić information content (AvgIpc) is 3.16. The second-order valence-corrected chi connectivity index (χ2v) is 6.45. The Hall–Kier alpha value is -2.00. The van der Waals surface area contributed by atoms with Gasteiger partial charge in [-0.3, -0.25) is 19.5 Å². The van der Waals surface area contributed by atoms with Crippen LogP contribution in [0.25, 0.3) is 0 Å². The van der Waals surface area contributed by atoms with Crippen molar-refractivity contribution in [2.24, 2.45) is 0 Å². The van der Waals surface area contributed by atoms with E-state index in [0.29, 0.717) is 31.3 Å². The molecule has 132 valence electrons. The van der Waals surface area contributed by atoms with Crippen LogP contribution in [0.5, 0.6) is 0 Å². The Balaban J connectivity index is 1.51. The molecule has 2 aliphatic heterocycles. The van der Waals surface area contributed by atoms with Gasteiger partial charge in [-0.1, -0.05) is 5.16 Å². The number of likely N-dealkylation sites (tertiary alicyclic amines) is 1. The smallest absolute Gasteiger partial charge is 0.324 e. The average molecular weight is 336 g/mol. The second-order valence-electron chi connectivity index (χ2n) is 6.45. The van der Waals surface area contributed by atoms with Gasteiger partial charge < -0.3 is 9.84 Å². The molecule has 3 rings (SSSR count). The molecule has 3 amide bonds. The zero-order valence-electron chi connectivity index (χ0n) is 14.2. The molecule has 2 saturated heterocycles. The van der Waals surface area contributed by atoms with E-state index < -0.39 is 0 Å². The van der Waals surface area contributed by atoms with Crippen molar-refractivity contribution in [3.05, 3.63) is 11.7 Å². The number of rotatable bonds is 5. The topological polar surface area (TPSA) is 94.8 Å². The Kier molecular flexibility index (Phi) is 5.10. The van der Waals surface area contributed by atoms with E-state index in [4.69, 9.17) is 4.52 Å². The van der Waals surface area contributed by atoms with E-state index in [1.54, 1.807) is 6.92 Å². The maximum absolute atomic E-state index is 12.3. The Labute approximate surface area is 141 Å². The van der Waals surface area contributed by atoms with Gasteiger partial charge in [0.25, 0.3) is 0 Å². The van der Waals surface area contributed by atoms with Crippen molar-refractivity contribution in [3.8, 4) is 0 Å². The Morgan fingerprint density at radius 1 is 1.46 bits per heavy atom. The molecule has 2 fully saturated rings. The number of hydrogen-bond donors (Lipinski definition) is 1. The van der Waals surface area contributed by atoms with Gasteiger partial charge in [-0.25, -0.2) is 4.79 Å². The first-order chi connectivity index (χ1) is 11.5. The highest BCUT2D eigenvalue weighted by Crippen LogP contribution is 2.17. The van der Waals surface area contributed by atoms with E-state index in [-0.39, 0.29) is 24.5 Å². The normalized spacial score (nSPS) is 22.2. The molecule has 24 heavy (non-hydrogen) atoms. The van der Waals surface area contributed by atoms with E-state index in [2.05, 4.69) is 20.4 Å². The number of aromatic nitrogens is 2. The third-order valence-corrected chi connectivity index (χ3v) is 4.58. The van der Waals surface area contributed by atoms with Crippen LogP contribution in [0, 0.1) is 6.92 Å². The number of urea groups is 1. The molecular weight excluding hydrogens is 312 g/mol. The van der Waals surface area contributed by atoms with Gasteiger partial charge in [0.1, 0.15) is 0 Å². The van der Waals surface area contributed by atoms with Crippen molar-refractivity contribution in [2.45, 2.75) is 32.4 Å². The second kappa shape index (κ2) is 7.27. The van der Waals surface area contributed by atoms with Crippen LogP contribution in [0.3, 0.4) is 0 Å². The number of imide groups is 1. The van der Waals surface area contributed by atoms with Crippen LogP contribution in [0.1, 0.15) is 24.6 Å². The van der Waals surface area contributed by atoms with Crippen LogP contribution in [0.2, 0.25) is 0 Å². The molecule has 0 saturated carbocycles. The number of carbonyl (C=O) groups is 2. The van der Waals surface area contributed by atoms with Gasteiger partial charge in [0.05, 0.1) is 13.1 Å². The lowest BCUT2D eigenvalue weighted by molar-refractivity contribution is -0.129. The minimum atomic E-state index is -0.286. The summed E-state index contributed by atoms with van der Waals surface area (Å²) in [7, 11) is 1.94. The van der Waals surface area contributed by atoms with Crippen LogP contribution in [0.15, 0.2) is 4.52 Å². The van der Waals surface area contributed by atoms with Crippen LogP contribution in [-0.2, 0) is 11.3 Å². The lowest BCUT2D eigenvalue weighted by Gasteiger charge is -2.37. The van der Waals surface area contributed by atoms with E-state index in [9.17, 15) is 9.59 Å². The zero-order valence-corrected chi connectivity index (χ0v) is 14.2. The third kappa shape index (κ3) is 3.90. The number of hydrogen-bond acceptors (Lipinski definition) is 7. The summed E-state index contributed by atoms with van der Waals surface area (Å²) < 4.78 is 5.01. The molecule has 0 spiro atoms. The van der Waals surface area contributed by atoms with Gasteiger partial charge in [0, 0.05) is 32.6 Å². The van der Waals surface area contributed by atoms with Crippen molar-refractivity contribution < 1.29 is 14.1 Å². The lowest BCUT2D eigenvalue weighted by Crippen LogP contribution is -2.50. The number of piperidine rings is 1. The molecule has 1 aromatic rings.